The first-order chi connectivity index (χ1) is 16.6. The van der Waals surface area contributed by atoms with Crippen molar-refractivity contribution < 1.29 is 28.6 Å². The maximum Gasteiger partial charge on any atom is 0.415 e. The molecule has 1 aliphatic heterocycles. The van der Waals surface area contributed by atoms with Crippen LogP contribution in [0.1, 0.15) is 84.1 Å². The van der Waals surface area contributed by atoms with Gasteiger partial charge in [-0.25, -0.2) is 14.9 Å². The fourth-order valence-corrected chi connectivity index (χ4v) is 4.98. The van der Waals surface area contributed by atoms with Crippen LogP contribution < -0.4 is 20.1 Å². The van der Waals surface area contributed by atoms with E-state index in [1.165, 1.54) is 12.8 Å². The summed E-state index contributed by atoms with van der Waals surface area (Å²) in [6, 6.07) is 5.35. The standard InChI is InChI=1S/C26H37N3O6/c1-25(2,3)34-24(31)28-23(30)27-18-11-13-26(14-12-18)16-20(29-35-26)17-9-10-21(32-4)22(15-17)33-19-7-5-6-8-19/h9-10,15,18-19H,5-8,11-14,16H2,1-4H3,(H2,27,28,30,31). The van der Waals surface area contributed by atoms with Gasteiger partial charge in [-0.2, -0.15) is 0 Å². The molecule has 1 spiro atoms. The molecule has 2 saturated carbocycles. The van der Waals surface area contributed by atoms with Gasteiger partial charge < -0.3 is 24.4 Å². The van der Waals surface area contributed by atoms with Crippen molar-refractivity contribution >= 4 is 17.8 Å². The van der Waals surface area contributed by atoms with Gasteiger partial charge in [0.05, 0.1) is 18.9 Å². The highest BCUT2D eigenvalue weighted by Crippen LogP contribution is 2.41. The van der Waals surface area contributed by atoms with E-state index in [0.717, 1.165) is 61.3 Å². The molecule has 0 unspecified atom stereocenters. The predicted octanol–water partition coefficient (Wildman–Crippen LogP) is 5.06. The molecule has 2 N–H and O–H groups in total. The molecule has 2 fully saturated rings. The zero-order valence-corrected chi connectivity index (χ0v) is 21.1. The van der Waals surface area contributed by atoms with E-state index in [1.807, 2.05) is 18.2 Å². The zero-order chi connectivity index (χ0) is 25.1. The van der Waals surface area contributed by atoms with Crippen LogP contribution in [0, 0.1) is 0 Å². The van der Waals surface area contributed by atoms with Crippen LogP contribution in [0.2, 0.25) is 0 Å². The Morgan fingerprint density at radius 1 is 1.09 bits per heavy atom. The number of alkyl carbamates (subject to hydrolysis) is 1. The van der Waals surface area contributed by atoms with E-state index in [1.54, 1.807) is 27.9 Å². The van der Waals surface area contributed by atoms with E-state index in [2.05, 4.69) is 15.8 Å². The van der Waals surface area contributed by atoms with Crippen LogP contribution in [0.25, 0.3) is 0 Å². The Kier molecular flexibility index (Phi) is 7.42. The summed E-state index contributed by atoms with van der Waals surface area (Å²) >= 11 is 0. The number of amides is 3. The molecule has 1 heterocycles. The molecule has 35 heavy (non-hydrogen) atoms. The van der Waals surface area contributed by atoms with E-state index in [4.69, 9.17) is 19.0 Å². The van der Waals surface area contributed by atoms with Crippen molar-refractivity contribution in [2.24, 2.45) is 5.16 Å². The SMILES string of the molecule is COc1ccc(C2=NOC3(CCC(NC(=O)NC(=O)OC(C)(C)C)CC3)C2)cc1OC1CCCC1. The zero-order valence-electron chi connectivity index (χ0n) is 21.1. The Balaban J connectivity index is 1.29. The molecule has 0 saturated heterocycles. The highest BCUT2D eigenvalue weighted by atomic mass is 16.7. The van der Waals surface area contributed by atoms with Crippen LogP contribution in [0.4, 0.5) is 9.59 Å². The van der Waals surface area contributed by atoms with Crippen molar-refractivity contribution in [1.29, 1.82) is 0 Å². The summed E-state index contributed by atoms with van der Waals surface area (Å²) in [6.45, 7) is 5.25. The van der Waals surface area contributed by atoms with Gasteiger partial charge in [0.25, 0.3) is 0 Å². The van der Waals surface area contributed by atoms with Crippen LogP contribution in [-0.2, 0) is 9.57 Å². The number of urea groups is 1. The maximum absolute atomic E-state index is 12.2. The molecule has 0 radical (unpaired) electrons. The summed E-state index contributed by atoms with van der Waals surface area (Å²) in [6.07, 6.45) is 7.75. The molecule has 2 aliphatic carbocycles. The molecule has 9 nitrogen and oxygen atoms in total. The minimum atomic E-state index is -0.754. The van der Waals surface area contributed by atoms with Gasteiger partial charge >= 0.3 is 12.1 Å². The second-order valence-corrected chi connectivity index (χ2v) is 10.8. The van der Waals surface area contributed by atoms with Crippen molar-refractivity contribution in [3.63, 3.8) is 0 Å². The number of methoxy groups -OCH3 is 1. The highest BCUT2D eigenvalue weighted by Gasteiger charge is 2.43. The third-order valence-corrected chi connectivity index (χ3v) is 6.78. The molecule has 1 aromatic carbocycles. The van der Waals surface area contributed by atoms with Crippen molar-refractivity contribution in [2.45, 2.75) is 102 Å². The van der Waals surface area contributed by atoms with E-state index >= 15 is 0 Å². The lowest BCUT2D eigenvalue weighted by Gasteiger charge is -2.35. The number of ether oxygens (including phenoxy) is 3. The lowest BCUT2D eigenvalue weighted by Crippen LogP contribution is -2.49. The Morgan fingerprint density at radius 3 is 2.46 bits per heavy atom. The van der Waals surface area contributed by atoms with Crippen molar-refractivity contribution in [2.75, 3.05) is 7.11 Å². The number of rotatable bonds is 5. The first-order valence-corrected chi connectivity index (χ1v) is 12.6. The quantitative estimate of drug-likeness (QED) is 0.601. The molecule has 1 aromatic rings. The number of hydrogen-bond donors (Lipinski definition) is 2. The molecule has 4 rings (SSSR count). The minimum absolute atomic E-state index is 0.0388. The molecule has 192 valence electrons. The summed E-state index contributed by atoms with van der Waals surface area (Å²) < 4.78 is 16.9. The third-order valence-electron chi connectivity index (χ3n) is 6.78. The third kappa shape index (κ3) is 6.58. The van der Waals surface area contributed by atoms with Gasteiger partial charge in [-0.05, 0) is 90.3 Å². The molecule has 0 atom stereocenters. The molecular formula is C26H37N3O6. The number of nitrogens with one attached hydrogen (secondary N) is 2. The molecule has 3 aliphatic rings. The molecule has 0 bridgehead atoms. The fourth-order valence-electron chi connectivity index (χ4n) is 4.98. The van der Waals surface area contributed by atoms with Gasteiger partial charge in [0, 0.05) is 18.0 Å². The Bertz CT molecular complexity index is 956. The lowest BCUT2D eigenvalue weighted by molar-refractivity contribution is -0.0493. The number of imide groups is 1. The first-order valence-electron chi connectivity index (χ1n) is 12.6. The minimum Gasteiger partial charge on any atom is -0.493 e. The van der Waals surface area contributed by atoms with E-state index in [-0.39, 0.29) is 17.7 Å². The molecule has 3 amide bonds. The van der Waals surface area contributed by atoms with Gasteiger partial charge in [-0.15, -0.1) is 0 Å². The van der Waals surface area contributed by atoms with Crippen LogP contribution in [-0.4, -0.2) is 48.3 Å². The number of nitrogens with zero attached hydrogens (tertiary/aromatic N) is 1. The van der Waals surface area contributed by atoms with Gasteiger partial charge in [0.2, 0.25) is 0 Å². The van der Waals surface area contributed by atoms with Gasteiger partial charge in [-0.1, -0.05) is 5.16 Å². The summed E-state index contributed by atoms with van der Waals surface area (Å²) in [5, 5.41) is 9.52. The van der Waals surface area contributed by atoms with Crippen molar-refractivity contribution in [3.05, 3.63) is 23.8 Å². The number of benzene rings is 1. The topological polar surface area (TPSA) is 107 Å². The van der Waals surface area contributed by atoms with Crippen LogP contribution >= 0.6 is 0 Å². The van der Waals surface area contributed by atoms with Crippen LogP contribution in [0.5, 0.6) is 11.5 Å². The summed E-state index contributed by atoms with van der Waals surface area (Å²) in [4.78, 5) is 29.9. The van der Waals surface area contributed by atoms with E-state index in [0.29, 0.717) is 6.42 Å². The first kappa shape index (κ1) is 25.1. The normalized spacial score (nSPS) is 24.5. The summed E-state index contributed by atoms with van der Waals surface area (Å²) in [5.74, 6) is 1.48. The van der Waals surface area contributed by atoms with Crippen molar-refractivity contribution in [1.82, 2.24) is 10.6 Å². The Labute approximate surface area is 206 Å². The number of carbonyl (C=O) groups excluding carboxylic acids is 2. The lowest BCUT2D eigenvalue weighted by atomic mass is 9.78. The Morgan fingerprint density at radius 2 is 1.80 bits per heavy atom. The number of carbonyl (C=O) groups is 2. The summed E-state index contributed by atoms with van der Waals surface area (Å²) in [7, 11) is 1.65. The molecule has 0 aromatic heterocycles. The van der Waals surface area contributed by atoms with Gasteiger partial charge in [0.15, 0.2) is 11.5 Å². The largest absolute Gasteiger partial charge is 0.493 e. The molecular weight excluding hydrogens is 450 g/mol. The van der Waals surface area contributed by atoms with Crippen molar-refractivity contribution in [3.8, 4) is 11.5 Å². The highest BCUT2D eigenvalue weighted by molar-refractivity contribution is 6.02. The van der Waals surface area contributed by atoms with Crippen LogP contribution in [0.3, 0.4) is 0 Å². The smallest absolute Gasteiger partial charge is 0.415 e. The molecule has 9 heteroatoms. The second-order valence-electron chi connectivity index (χ2n) is 10.8. The van der Waals surface area contributed by atoms with E-state index in [9.17, 15) is 9.59 Å². The van der Waals surface area contributed by atoms with E-state index < -0.39 is 17.7 Å². The number of oxime groups is 1. The number of hydrogen-bond acceptors (Lipinski definition) is 7. The van der Waals surface area contributed by atoms with Gasteiger partial charge in [0.1, 0.15) is 11.2 Å². The Hall–Kier alpha value is -2.97. The monoisotopic (exact) mass is 487 g/mol. The van der Waals surface area contributed by atoms with Gasteiger partial charge in [-0.3, -0.25) is 0 Å². The van der Waals surface area contributed by atoms with Crippen LogP contribution in [0.15, 0.2) is 23.4 Å². The fraction of sp³-hybridized carbons (Fsp3) is 0.654. The second kappa shape index (κ2) is 10.3. The summed E-state index contributed by atoms with van der Waals surface area (Å²) in [5.41, 5.74) is 0.860. The average molecular weight is 488 g/mol. The maximum atomic E-state index is 12.2. The predicted molar refractivity (Wildman–Crippen MR) is 131 cm³/mol. The average Bonchev–Trinajstić information content (AvgIpc) is 3.44.